The summed E-state index contributed by atoms with van der Waals surface area (Å²) in [6.45, 7) is 11.4. The Morgan fingerprint density at radius 3 is 2.22 bits per heavy atom. The maximum atomic E-state index is 14.4. The van der Waals surface area contributed by atoms with Crippen molar-refractivity contribution in [3.8, 4) is 11.4 Å². The zero-order chi connectivity index (χ0) is 17.0. The predicted molar refractivity (Wildman–Crippen MR) is 87.0 cm³/mol. The highest BCUT2D eigenvalue weighted by Gasteiger charge is 2.52. The molecular formula is C16H21BFN3O2. The standard InChI is InChI=1S/C16H21BFN3O2/c1-9-12(17-22-15(3,4)16(5,6)23-17)7-11(8-13(9)18)14-19-10(2)20-21-14/h7-8H,1-6H3,(H,19,20,21). The van der Waals surface area contributed by atoms with Gasteiger partial charge in [0, 0.05) is 5.56 Å². The van der Waals surface area contributed by atoms with Crippen molar-refractivity contribution in [2.24, 2.45) is 0 Å². The Bertz CT molecular complexity index is 742. The van der Waals surface area contributed by atoms with Crippen LogP contribution in [0.4, 0.5) is 4.39 Å². The fraction of sp³-hybridized carbons (Fsp3) is 0.500. The Morgan fingerprint density at radius 1 is 1.09 bits per heavy atom. The quantitative estimate of drug-likeness (QED) is 0.865. The maximum Gasteiger partial charge on any atom is 0.495 e. The second-order valence-corrected chi connectivity index (χ2v) is 7.00. The molecule has 1 saturated heterocycles. The second-order valence-electron chi connectivity index (χ2n) is 7.00. The minimum absolute atomic E-state index is 0.324. The third-order valence-corrected chi connectivity index (χ3v) is 4.75. The molecule has 0 unspecified atom stereocenters. The van der Waals surface area contributed by atoms with Gasteiger partial charge in [-0.3, -0.25) is 5.10 Å². The lowest BCUT2D eigenvalue weighted by molar-refractivity contribution is 0.00578. The number of nitrogens with one attached hydrogen (secondary N) is 1. The number of rotatable bonds is 2. The van der Waals surface area contributed by atoms with Gasteiger partial charge in [0.05, 0.1) is 11.2 Å². The van der Waals surface area contributed by atoms with Crippen LogP contribution in [0.15, 0.2) is 12.1 Å². The second kappa shape index (κ2) is 5.14. The number of hydrogen-bond donors (Lipinski definition) is 1. The van der Waals surface area contributed by atoms with Crippen molar-refractivity contribution >= 4 is 12.6 Å². The molecule has 1 aliphatic rings. The fourth-order valence-electron chi connectivity index (χ4n) is 2.52. The highest BCUT2D eigenvalue weighted by molar-refractivity contribution is 6.62. The van der Waals surface area contributed by atoms with Gasteiger partial charge in [0.25, 0.3) is 0 Å². The van der Waals surface area contributed by atoms with E-state index in [9.17, 15) is 4.39 Å². The van der Waals surface area contributed by atoms with E-state index in [-0.39, 0.29) is 5.82 Å². The van der Waals surface area contributed by atoms with Gasteiger partial charge in [0.15, 0.2) is 5.82 Å². The van der Waals surface area contributed by atoms with Gasteiger partial charge in [-0.2, -0.15) is 5.10 Å². The highest BCUT2D eigenvalue weighted by Crippen LogP contribution is 2.37. The predicted octanol–water partition coefficient (Wildman–Crippen LogP) is 2.53. The van der Waals surface area contributed by atoms with Gasteiger partial charge in [-0.1, -0.05) is 6.07 Å². The monoisotopic (exact) mass is 317 g/mol. The van der Waals surface area contributed by atoms with Crippen molar-refractivity contribution in [3.63, 3.8) is 0 Å². The summed E-state index contributed by atoms with van der Waals surface area (Å²) in [4.78, 5) is 4.26. The number of H-pyrrole nitrogens is 1. The summed E-state index contributed by atoms with van der Waals surface area (Å²) in [5.41, 5.74) is 0.831. The van der Waals surface area contributed by atoms with E-state index in [1.807, 2.05) is 33.8 Å². The van der Waals surface area contributed by atoms with Crippen LogP contribution in [0, 0.1) is 19.7 Å². The van der Waals surface area contributed by atoms with Crippen LogP contribution in [-0.2, 0) is 9.31 Å². The molecule has 1 aromatic carbocycles. The smallest absolute Gasteiger partial charge is 0.399 e. The topological polar surface area (TPSA) is 60.0 Å². The summed E-state index contributed by atoms with van der Waals surface area (Å²) in [7, 11) is -0.616. The van der Waals surface area contributed by atoms with Gasteiger partial charge in [0.2, 0.25) is 0 Å². The fourth-order valence-corrected chi connectivity index (χ4v) is 2.52. The summed E-state index contributed by atoms with van der Waals surface area (Å²) in [5.74, 6) is 0.812. The van der Waals surface area contributed by atoms with E-state index in [1.165, 1.54) is 6.07 Å². The zero-order valence-corrected chi connectivity index (χ0v) is 14.3. The Balaban J connectivity index is 2.05. The number of hydrogen-bond acceptors (Lipinski definition) is 4. The Kier molecular flexibility index (Phi) is 3.61. The van der Waals surface area contributed by atoms with Gasteiger partial charge in [-0.05, 0) is 58.6 Å². The SMILES string of the molecule is Cc1nc(-c2cc(F)c(C)c(B3OC(C)(C)C(C)(C)O3)c2)n[nH]1. The van der Waals surface area contributed by atoms with E-state index < -0.39 is 18.3 Å². The summed E-state index contributed by atoms with van der Waals surface area (Å²) in [6.07, 6.45) is 0. The molecule has 0 saturated carbocycles. The average Bonchev–Trinajstić information content (AvgIpc) is 2.94. The molecule has 5 nitrogen and oxygen atoms in total. The molecule has 0 bridgehead atoms. The molecule has 1 aliphatic heterocycles. The summed E-state index contributed by atoms with van der Waals surface area (Å²) < 4.78 is 26.5. The lowest BCUT2D eigenvalue weighted by Gasteiger charge is -2.32. The maximum absolute atomic E-state index is 14.4. The highest BCUT2D eigenvalue weighted by atomic mass is 19.1. The molecule has 0 radical (unpaired) electrons. The number of benzene rings is 1. The van der Waals surface area contributed by atoms with Crippen LogP contribution in [0.25, 0.3) is 11.4 Å². The molecule has 0 spiro atoms. The minimum atomic E-state index is -0.616. The average molecular weight is 317 g/mol. The van der Waals surface area contributed by atoms with Crippen LogP contribution in [0.5, 0.6) is 0 Å². The molecule has 7 heteroatoms. The molecule has 23 heavy (non-hydrogen) atoms. The van der Waals surface area contributed by atoms with E-state index in [4.69, 9.17) is 9.31 Å². The van der Waals surface area contributed by atoms with Crippen LogP contribution >= 0.6 is 0 Å². The van der Waals surface area contributed by atoms with E-state index in [2.05, 4.69) is 15.2 Å². The number of nitrogens with zero attached hydrogens (tertiary/aromatic N) is 2. The molecule has 0 atom stereocenters. The van der Waals surface area contributed by atoms with Crippen molar-refractivity contribution in [1.29, 1.82) is 0 Å². The van der Waals surface area contributed by atoms with Crippen molar-refractivity contribution in [3.05, 3.63) is 29.3 Å². The number of aromatic nitrogens is 3. The molecule has 0 aliphatic carbocycles. The van der Waals surface area contributed by atoms with E-state index in [1.54, 1.807) is 13.8 Å². The van der Waals surface area contributed by atoms with Gasteiger partial charge >= 0.3 is 7.12 Å². The first-order valence-electron chi connectivity index (χ1n) is 7.66. The van der Waals surface area contributed by atoms with Crippen LogP contribution < -0.4 is 5.46 Å². The number of aromatic amines is 1. The lowest BCUT2D eigenvalue weighted by atomic mass is 9.75. The minimum Gasteiger partial charge on any atom is -0.399 e. The lowest BCUT2D eigenvalue weighted by Crippen LogP contribution is -2.41. The normalized spacial score (nSPS) is 19.3. The Labute approximate surface area is 135 Å². The molecule has 2 heterocycles. The van der Waals surface area contributed by atoms with Gasteiger partial charge in [-0.25, -0.2) is 9.37 Å². The molecule has 2 aromatic rings. The molecule has 1 fully saturated rings. The third kappa shape index (κ3) is 2.68. The van der Waals surface area contributed by atoms with Gasteiger partial charge < -0.3 is 9.31 Å². The van der Waals surface area contributed by atoms with Crippen LogP contribution in [0.1, 0.15) is 39.1 Å². The van der Waals surface area contributed by atoms with Crippen molar-refractivity contribution in [2.75, 3.05) is 0 Å². The van der Waals surface area contributed by atoms with E-state index >= 15 is 0 Å². The van der Waals surface area contributed by atoms with Crippen molar-refractivity contribution < 1.29 is 13.7 Å². The van der Waals surface area contributed by atoms with Crippen LogP contribution in [-0.4, -0.2) is 33.5 Å². The summed E-state index contributed by atoms with van der Waals surface area (Å²) in [5, 5.41) is 6.87. The van der Waals surface area contributed by atoms with Crippen molar-refractivity contribution in [2.45, 2.75) is 52.7 Å². The third-order valence-electron chi connectivity index (χ3n) is 4.75. The van der Waals surface area contributed by atoms with Gasteiger partial charge in [0.1, 0.15) is 11.6 Å². The van der Waals surface area contributed by atoms with E-state index in [0.717, 1.165) is 0 Å². The largest absolute Gasteiger partial charge is 0.495 e. The molecule has 1 aromatic heterocycles. The Hall–Kier alpha value is -1.73. The van der Waals surface area contributed by atoms with Gasteiger partial charge in [-0.15, -0.1) is 0 Å². The summed E-state index contributed by atoms with van der Waals surface area (Å²) >= 11 is 0. The number of aryl methyl sites for hydroxylation is 1. The first-order valence-corrected chi connectivity index (χ1v) is 7.66. The molecule has 0 amide bonds. The number of halogens is 1. The van der Waals surface area contributed by atoms with Crippen molar-refractivity contribution in [1.82, 2.24) is 15.2 Å². The summed E-state index contributed by atoms with van der Waals surface area (Å²) in [6, 6.07) is 3.27. The Morgan fingerprint density at radius 2 is 1.70 bits per heavy atom. The molecule has 122 valence electrons. The first-order chi connectivity index (χ1) is 10.6. The first kappa shape index (κ1) is 16.1. The molecule has 1 N–H and O–H groups in total. The molecular weight excluding hydrogens is 296 g/mol. The molecule has 3 rings (SSSR count). The van der Waals surface area contributed by atoms with E-state index in [0.29, 0.717) is 28.2 Å². The van der Waals surface area contributed by atoms with Crippen LogP contribution in [0.2, 0.25) is 0 Å². The van der Waals surface area contributed by atoms with Crippen LogP contribution in [0.3, 0.4) is 0 Å². The zero-order valence-electron chi connectivity index (χ0n) is 14.3.